The lowest BCUT2D eigenvalue weighted by Gasteiger charge is -2.27. The summed E-state index contributed by atoms with van der Waals surface area (Å²) < 4.78 is 86.4. The molecule has 0 amide bonds. The minimum Gasteiger partial charge on any atom is -0.461 e. The molecule has 1 aromatic carbocycles. The van der Waals surface area contributed by atoms with Crippen molar-refractivity contribution >= 4 is 17.2 Å². The molecule has 3 aromatic heterocycles. The van der Waals surface area contributed by atoms with Crippen LogP contribution in [0.2, 0.25) is 0 Å². The van der Waals surface area contributed by atoms with Crippen LogP contribution in [0.15, 0.2) is 81.5 Å². The number of aromatic nitrogens is 1. The molecule has 0 fully saturated rings. The zero-order valence-electron chi connectivity index (χ0n) is 18.0. The Kier molecular flexibility index (Phi) is 5.99. The molecule has 0 saturated carbocycles. The lowest BCUT2D eigenvalue weighted by atomic mass is 10.0. The van der Waals surface area contributed by atoms with Gasteiger partial charge in [0.25, 0.3) is 0 Å². The van der Waals surface area contributed by atoms with Crippen molar-refractivity contribution in [1.29, 1.82) is 0 Å². The van der Waals surface area contributed by atoms with Crippen LogP contribution in [0.4, 0.5) is 26.3 Å². The summed E-state index contributed by atoms with van der Waals surface area (Å²) in [4.78, 5) is 11.0. The van der Waals surface area contributed by atoms with Crippen LogP contribution in [0.25, 0.3) is 11.1 Å². The Morgan fingerprint density at radius 1 is 0.972 bits per heavy atom. The molecule has 1 aliphatic rings. The molecule has 5 nitrogen and oxygen atoms in total. The first-order chi connectivity index (χ1) is 17.1. The minimum atomic E-state index is -5.00. The van der Waals surface area contributed by atoms with Gasteiger partial charge < -0.3 is 14.2 Å². The Bertz CT molecular complexity index is 1350. The van der Waals surface area contributed by atoms with E-state index in [1.807, 2.05) is 16.8 Å². The van der Waals surface area contributed by atoms with Gasteiger partial charge >= 0.3 is 12.4 Å². The number of amidine groups is 1. The number of benzene rings is 1. The largest absolute Gasteiger partial charge is 0.461 e. The minimum absolute atomic E-state index is 0.0147. The Morgan fingerprint density at radius 3 is 2.33 bits per heavy atom. The van der Waals surface area contributed by atoms with Gasteiger partial charge in [-0.1, -0.05) is 5.16 Å². The molecule has 4 heterocycles. The quantitative estimate of drug-likeness (QED) is 0.257. The summed E-state index contributed by atoms with van der Waals surface area (Å²) in [6, 6.07) is 8.16. The second-order valence-electron chi connectivity index (χ2n) is 7.86. The van der Waals surface area contributed by atoms with Crippen molar-refractivity contribution in [3.05, 3.63) is 99.9 Å². The number of hydrogen-bond acceptors (Lipinski definition) is 6. The topological polar surface area (TPSA) is 50.9 Å². The first kappa shape index (κ1) is 23.9. The molecule has 0 radical (unpaired) electrons. The average Bonchev–Trinajstić information content (AvgIpc) is 3.60. The summed E-state index contributed by atoms with van der Waals surface area (Å²) in [5.74, 6) is 0.359. The molecule has 0 spiro atoms. The monoisotopic (exact) mass is 523 g/mol. The summed E-state index contributed by atoms with van der Waals surface area (Å²) in [6.07, 6.45) is -6.84. The van der Waals surface area contributed by atoms with E-state index in [0.29, 0.717) is 17.7 Å². The van der Waals surface area contributed by atoms with Crippen LogP contribution in [-0.2, 0) is 23.7 Å². The number of oxime groups is 1. The molecule has 36 heavy (non-hydrogen) atoms. The van der Waals surface area contributed by atoms with E-state index in [2.05, 4.69) is 10.1 Å². The van der Waals surface area contributed by atoms with Gasteiger partial charge in [-0.05, 0) is 69.9 Å². The fourth-order valence-electron chi connectivity index (χ4n) is 3.87. The highest BCUT2D eigenvalue weighted by Crippen LogP contribution is 2.41. The van der Waals surface area contributed by atoms with Gasteiger partial charge in [-0.25, -0.2) is 0 Å². The molecule has 1 atom stereocenters. The van der Waals surface area contributed by atoms with E-state index in [-0.39, 0.29) is 29.8 Å². The fourth-order valence-corrected chi connectivity index (χ4v) is 4.52. The van der Waals surface area contributed by atoms with E-state index in [1.165, 1.54) is 22.5 Å². The standard InChI is InChI=1S/C24H15F6N3O2S/c25-23(26,27)17-8-15(9-18(10-17)24(28,29)30)22-33(21(32-35-22)20-2-1-6-34-20)12-16-11-31-5-3-19(16)14-4-7-36-13-14/h1-11,13,22H,12H2. The molecule has 0 saturated heterocycles. The highest BCUT2D eigenvalue weighted by atomic mass is 32.1. The van der Waals surface area contributed by atoms with Crippen molar-refractivity contribution in [3.8, 4) is 11.1 Å². The maximum atomic E-state index is 13.5. The zero-order valence-corrected chi connectivity index (χ0v) is 18.9. The number of hydrogen-bond donors (Lipinski definition) is 0. The van der Waals surface area contributed by atoms with Crippen molar-refractivity contribution in [2.45, 2.75) is 25.1 Å². The Balaban J connectivity index is 1.60. The summed E-state index contributed by atoms with van der Waals surface area (Å²) in [6.45, 7) is 0.0147. The van der Waals surface area contributed by atoms with E-state index >= 15 is 0 Å². The number of furan rings is 1. The molecule has 0 N–H and O–H groups in total. The normalized spacial score (nSPS) is 16.2. The van der Waals surface area contributed by atoms with Crippen LogP contribution in [0, 0.1) is 0 Å². The molecule has 12 heteroatoms. The van der Waals surface area contributed by atoms with Gasteiger partial charge in [-0.3, -0.25) is 4.98 Å². The first-order valence-corrected chi connectivity index (χ1v) is 11.3. The summed E-state index contributed by atoms with van der Waals surface area (Å²) in [5.41, 5.74) is -0.887. The van der Waals surface area contributed by atoms with E-state index < -0.39 is 29.7 Å². The number of thiophene rings is 1. The highest BCUT2D eigenvalue weighted by Gasteiger charge is 2.41. The SMILES string of the molecule is FC(F)(F)c1cc(C2ON=C(c3ccco3)N2Cc2cnccc2-c2ccsc2)cc(C(F)(F)F)c1. The number of halogens is 6. The highest BCUT2D eigenvalue weighted by molar-refractivity contribution is 7.08. The smallest absolute Gasteiger partial charge is 0.416 e. The van der Waals surface area contributed by atoms with Crippen LogP contribution in [0.3, 0.4) is 0 Å². The van der Waals surface area contributed by atoms with Gasteiger partial charge in [0.2, 0.25) is 12.1 Å². The fraction of sp³-hybridized carbons (Fsp3) is 0.167. The number of rotatable bonds is 5. The second kappa shape index (κ2) is 9.01. The lowest BCUT2D eigenvalue weighted by Crippen LogP contribution is -2.31. The molecular formula is C24H15F6N3O2S. The van der Waals surface area contributed by atoms with E-state index in [1.54, 1.807) is 30.6 Å². The van der Waals surface area contributed by atoms with Crippen LogP contribution in [-0.4, -0.2) is 15.7 Å². The van der Waals surface area contributed by atoms with E-state index in [4.69, 9.17) is 9.25 Å². The number of alkyl halides is 6. The predicted molar refractivity (Wildman–Crippen MR) is 119 cm³/mol. The zero-order chi connectivity index (χ0) is 25.5. The molecule has 0 bridgehead atoms. The van der Waals surface area contributed by atoms with Gasteiger partial charge in [0, 0.05) is 18.0 Å². The van der Waals surface area contributed by atoms with E-state index in [0.717, 1.165) is 11.1 Å². The Morgan fingerprint density at radius 2 is 1.72 bits per heavy atom. The van der Waals surface area contributed by atoms with Crippen molar-refractivity contribution in [2.24, 2.45) is 5.16 Å². The molecule has 4 aromatic rings. The maximum absolute atomic E-state index is 13.5. The lowest BCUT2D eigenvalue weighted by molar-refractivity contribution is -0.143. The molecule has 0 aliphatic carbocycles. The molecule has 1 aliphatic heterocycles. The summed E-state index contributed by atoms with van der Waals surface area (Å²) in [7, 11) is 0. The molecular weight excluding hydrogens is 508 g/mol. The molecule has 186 valence electrons. The average molecular weight is 523 g/mol. The third-order valence-corrected chi connectivity index (χ3v) is 6.19. The molecule has 1 unspecified atom stereocenters. The second-order valence-corrected chi connectivity index (χ2v) is 8.64. The van der Waals surface area contributed by atoms with Crippen molar-refractivity contribution in [3.63, 3.8) is 0 Å². The van der Waals surface area contributed by atoms with Crippen LogP contribution >= 0.6 is 11.3 Å². The van der Waals surface area contributed by atoms with Gasteiger partial charge in [0.15, 0.2) is 5.76 Å². The maximum Gasteiger partial charge on any atom is 0.416 e. The number of pyridine rings is 1. The summed E-state index contributed by atoms with van der Waals surface area (Å²) in [5, 5.41) is 7.76. The van der Waals surface area contributed by atoms with Crippen molar-refractivity contribution in [2.75, 3.05) is 0 Å². The van der Waals surface area contributed by atoms with Crippen LogP contribution in [0.1, 0.15) is 34.2 Å². The van der Waals surface area contributed by atoms with Gasteiger partial charge in [-0.2, -0.15) is 37.7 Å². The third kappa shape index (κ3) is 4.68. The van der Waals surface area contributed by atoms with Gasteiger partial charge in [0.1, 0.15) is 0 Å². The third-order valence-electron chi connectivity index (χ3n) is 5.51. The van der Waals surface area contributed by atoms with Crippen LogP contribution in [0.5, 0.6) is 0 Å². The van der Waals surface area contributed by atoms with Crippen molar-refractivity contribution < 1.29 is 35.6 Å². The van der Waals surface area contributed by atoms with Crippen LogP contribution < -0.4 is 0 Å². The first-order valence-electron chi connectivity index (χ1n) is 10.4. The van der Waals surface area contributed by atoms with Crippen molar-refractivity contribution in [1.82, 2.24) is 9.88 Å². The van der Waals surface area contributed by atoms with Gasteiger partial charge in [0.05, 0.1) is 23.9 Å². The summed E-state index contributed by atoms with van der Waals surface area (Å²) >= 11 is 1.48. The van der Waals surface area contributed by atoms with Gasteiger partial charge in [-0.15, -0.1) is 0 Å². The Labute approximate surface area is 204 Å². The number of nitrogens with zero attached hydrogens (tertiary/aromatic N) is 3. The predicted octanol–water partition coefficient (Wildman–Crippen LogP) is 7.33. The molecule has 5 rings (SSSR count). The van der Waals surface area contributed by atoms with E-state index in [9.17, 15) is 26.3 Å². The Hall–Kier alpha value is -3.80.